The van der Waals surface area contributed by atoms with Crippen molar-refractivity contribution in [2.75, 3.05) is 0 Å². The van der Waals surface area contributed by atoms with Gasteiger partial charge in [-0.2, -0.15) is 0 Å². The Morgan fingerprint density at radius 3 is 1.92 bits per heavy atom. The Morgan fingerprint density at radius 2 is 1.25 bits per heavy atom. The molecule has 4 aromatic rings. The number of hydrogen-bond donors (Lipinski definition) is 0. The first kappa shape index (κ1) is 14.5. The maximum Gasteiger partial charge on any atom is 0.149 e. The number of rotatable bonds is 4. The molecule has 1 aromatic heterocycles. The van der Waals surface area contributed by atoms with Crippen LogP contribution in [0, 0.1) is 0 Å². The molecule has 0 saturated heterocycles. The molecule has 0 amide bonds. The Balaban J connectivity index is 1.80. The lowest BCUT2D eigenvalue weighted by Gasteiger charge is -2.21. The first-order valence-electron chi connectivity index (χ1n) is 8.02. The van der Waals surface area contributed by atoms with Gasteiger partial charge in [0.25, 0.3) is 0 Å². The molecule has 0 aliphatic carbocycles. The Labute approximate surface area is 141 Å². The molecular weight excluding hydrogens is 294 g/mol. The van der Waals surface area contributed by atoms with Gasteiger partial charge >= 0.3 is 0 Å². The number of fused-ring (bicyclic) bond motifs is 1. The van der Waals surface area contributed by atoms with Crippen LogP contribution < -0.4 is 4.74 Å². The second-order valence-electron chi connectivity index (χ2n) is 5.65. The van der Waals surface area contributed by atoms with Gasteiger partial charge in [0, 0.05) is 11.6 Å². The second kappa shape index (κ2) is 6.55. The number of ether oxygens (including phenoxy) is 1. The normalized spacial score (nSPS) is 10.9. The summed E-state index contributed by atoms with van der Waals surface area (Å²) in [6.45, 7) is 0. The predicted octanol–water partition coefficient (Wildman–Crippen LogP) is 5.40. The standard InChI is InChI=1S/C22H17NO/c1-3-9-18(10-4-1)22(19-11-5-2-6-12-19)24-20-15-7-13-17-14-8-16-23-21(17)20/h1-16,22H. The predicted molar refractivity (Wildman–Crippen MR) is 97.1 cm³/mol. The molecule has 4 rings (SSSR count). The minimum Gasteiger partial charge on any atom is -0.479 e. The number of nitrogens with zero attached hydrogens (tertiary/aromatic N) is 1. The van der Waals surface area contributed by atoms with Crippen molar-refractivity contribution in [2.45, 2.75) is 6.10 Å². The first-order chi connectivity index (χ1) is 11.9. The molecule has 0 spiro atoms. The van der Waals surface area contributed by atoms with E-state index in [1.54, 1.807) is 6.20 Å². The Hall–Kier alpha value is -3.13. The molecule has 0 aliphatic heterocycles. The third-order valence-corrected chi connectivity index (χ3v) is 4.05. The van der Waals surface area contributed by atoms with Crippen LogP contribution in [0.1, 0.15) is 17.2 Å². The molecule has 0 atom stereocenters. The monoisotopic (exact) mass is 311 g/mol. The Kier molecular flexibility index (Phi) is 3.95. The van der Waals surface area contributed by atoms with Gasteiger partial charge in [-0.05, 0) is 23.3 Å². The van der Waals surface area contributed by atoms with Crippen molar-refractivity contribution in [3.05, 3.63) is 108 Å². The summed E-state index contributed by atoms with van der Waals surface area (Å²) in [5.74, 6) is 0.797. The van der Waals surface area contributed by atoms with Crippen LogP contribution in [0.2, 0.25) is 0 Å². The van der Waals surface area contributed by atoms with E-state index in [1.807, 2.05) is 54.6 Å². The van der Waals surface area contributed by atoms with Gasteiger partial charge in [0.1, 0.15) is 17.4 Å². The SMILES string of the molecule is c1ccc(C(Oc2cccc3cccnc23)c2ccccc2)cc1. The molecule has 3 aromatic carbocycles. The van der Waals surface area contributed by atoms with Crippen molar-refractivity contribution in [2.24, 2.45) is 0 Å². The van der Waals surface area contributed by atoms with Crippen LogP contribution in [-0.4, -0.2) is 4.98 Å². The highest BCUT2D eigenvalue weighted by Gasteiger charge is 2.17. The molecule has 2 heteroatoms. The van der Waals surface area contributed by atoms with Crippen molar-refractivity contribution < 1.29 is 4.74 Å². The minimum atomic E-state index is -0.167. The molecule has 0 aliphatic rings. The van der Waals surface area contributed by atoms with E-state index in [0.29, 0.717) is 0 Å². The lowest BCUT2D eigenvalue weighted by molar-refractivity contribution is 0.250. The quantitative estimate of drug-likeness (QED) is 0.503. The molecule has 0 radical (unpaired) electrons. The summed E-state index contributed by atoms with van der Waals surface area (Å²) in [4.78, 5) is 4.50. The van der Waals surface area contributed by atoms with Crippen LogP contribution in [0.5, 0.6) is 5.75 Å². The van der Waals surface area contributed by atoms with E-state index in [2.05, 4.69) is 41.4 Å². The number of benzene rings is 3. The lowest BCUT2D eigenvalue weighted by atomic mass is 10.0. The number of hydrogen-bond acceptors (Lipinski definition) is 2. The van der Waals surface area contributed by atoms with Crippen LogP contribution in [0.15, 0.2) is 97.2 Å². The third-order valence-electron chi connectivity index (χ3n) is 4.05. The van der Waals surface area contributed by atoms with Crippen LogP contribution >= 0.6 is 0 Å². The van der Waals surface area contributed by atoms with Crippen molar-refractivity contribution in [1.29, 1.82) is 0 Å². The smallest absolute Gasteiger partial charge is 0.149 e. The molecule has 116 valence electrons. The van der Waals surface area contributed by atoms with E-state index in [9.17, 15) is 0 Å². The van der Waals surface area contributed by atoms with Gasteiger partial charge in [0.15, 0.2) is 0 Å². The van der Waals surface area contributed by atoms with Crippen LogP contribution in [0.3, 0.4) is 0 Å². The molecule has 2 nitrogen and oxygen atoms in total. The van der Waals surface area contributed by atoms with Crippen molar-refractivity contribution in [1.82, 2.24) is 4.98 Å². The van der Waals surface area contributed by atoms with E-state index in [1.165, 1.54) is 0 Å². The molecule has 24 heavy (non-hydrogen) atoms. The number of pyridine rings is 1. The van der Waals surface area contributed by atoms with Gasteiger partial charge < -0.3 is 4.74 Å². The number of para-hydroxylation sites is 1. The zero-order valence-corrected chi connectivity index (χ0v) is 13.2. The van der Waals surface area contributed by atoms with E-state index in [0.717, 1.165) is 27.8 Å². The van der Waals surface area contributed by atoms with Crippen molar-refractivity contribution >= 4 is 10.9 Å². The van der Waals surface area contributed by atoms with Gasteiger partial charge in [-0.1, -0.05) is 78.9 Å². The third kappa shape index (κ3) is 2.86. The Bertz CT molecular complexity index is 891. The highest BCUT2D eigenvalue weighted by atomic mass is 16.5. The van der Waals surface area contributed by atoms with Gasteiger partial charge in [-0.25, -0.2) is 0 Å². The maximum absolute atomic E-state index is 6.44. The highest BCUT2D eigenvalue weighted by molar-refractivity contribution is 5.84. The highest BCUT2D eigenvalue weighted by Crippen LogP contribution is 2.31. The molecular formula is C22H17NO. The molecule has 0 saturated carbocycles. The fourth-order valence-electron chi connectivity index (χ4n) is 2.88. The van der Waals surface area contributed by atoms with E-state index in [-0.39, 0.29) is 6.10 Å². The summed E-state index contributed by atoms with van der Waals surface area (Å²) in [7, 11) is 0. The van der Waals surface area contributed by atoms with Gasteiger partial charge in [0.05, 0.1) is 0 Å². The second-order valence-corrected chi connectivity index (χ2v) is 5.65. The van der Waals surface area contributed by atoms with Crippen LogP contribution in [0.25, 0.3) is 10.9 Å². The Morgan fingerprint density at radius 1 is 0.625 bits per heavy atom. The molecule has 1 heterocycles. The van der Waals surface area contributed by atoms with Gasteiger partial charge in [0.2, 0.25) is 0 Å². The summed E-state index contributed by atoms with van der Waals surface area (Å²) in [6, 6.07) is 30.6. The summed E-state index contributed by atoms with van der Waals surface area (Å²) < 4.78 is 6.44. The van der Waals surface area contributed by atoms with Gasteiger partial charge in [-0.3, -0.25) is 4.98 Å². The maximum atomic E-state index is 6.44. The molecule has 0 unspecified atom stereocenters. The zero-order valence-electron chi connectivity index (χ0n) is 13.2. The van der Waals surface area contributed by atoms with E-state index in [4.69, 9.17) is 4.74 Å². The van der Waals surface area contributed by atoms with Gasteiger partial charge in [-0.15, -0.1) is 0 Å². The molecule has 0 fully saturated rings. The minimum absolute atomic E-state index is 0.167. The zero-order chi connectivity index (χ0) is 16.2. The fourth-order valence-corrected chi connectivity index (χ4v) is 2.88. The largest absolute Gasteiger partial charge is 0.479 e. The van der Waals surface area contributed by atoms with Crippen LogP contribution in [0.4, 0.5) is 0 Å². The average Bonchev–Trinajstić information content (AvgIpc) is 2.67. The topological polar surface area (TPSA) is 22.1 Å². The molecule has 0 bridgehead atoms. The summed E-state index contributed by atoms with van der Waals surface area (Å²) in [5, 5.41) is 1.08. The summed E-state index contributed by atoms with van der Waals surface area (Å²) in [6.07, 6.45) is 1.63. The lowest BCUT2D eigenvalue weighted by Crippen LogP contribution is -2.09. The van der Waals surface area contributed by atoms with E-state index >= 15 is 0 Å². The fraction of sp³-hybridized carbons (Fsp3) is 0.0455. The summed E-state index contributed by atoms with van der Waals surface area (Å²) >= 11 is 0. The average molecular weight is 311 g/mol. The molecule has 0 N–H and O–H groups in total. The first-order valence-corrected chi connectivity index (χ1v) is 8.02. The van der Waals surface area contributed by atoms with Crippen molar-refractivity contribution in [3.8, 4) is 5.75 Å². The summed E-state index contributed by atoms with van der Waals surface area (Å²) in [5.41, 5.74) is 3.13. The van der Waals surface area contributed by atoms with Crippen molar-refractivity contribution in [3.63, 3.8) is 0 Å². The van der Waals surface area contributed by atoms with Crippen LogP contribution in [-0.2, 0) is 0 Å². The number of aromatic nitrogens is 1. The van der Waals surface area contributed by atoms with E-state index < -0.39 is 0 Å².